The molecule has 106 valence electrons. The van der Waals surface area contributed by atoms with E-state index < -0.39 is 0 Å². The summed E-state index contributed by atoms with van der Waals surface area (Å²) in [6, 6.07) is 14.2. The number of hydrogen-bond donors (Lipinski definition) is 1. The van der Waals surface area contributed by atoms with Crippen LogP contribution in [0.15, 0.2) is 42.5 Å². The largest absolute Gasteiger partial charge is 0.494 e. The number of nitrogens with zero attached hydrogens (tertiary/aromatic N) is 1. The summed E-state index contributed by atoms with van der Waals surface area (Å²) in [6.07, 6.45) is 0. The number of para-hydroxylation sites is 1. The molecule has 0 saturated heterocycles. The zero-order chi connectivity index (χ0) is 14.5. The molecule has 3 heteroatoms. The highest BCUT2D eigenvalue weighted by atomic mass is 16.5. The number of ether oxygens (including phenoxy) is 1. The Morgan fingerprint density at radius 1 is 1.10 bits per heavy atom. The minimum absolute atomic E-state index is 0.638. The molecule has 0 aliphatic rings. The molecule has 0 aliphatic carbocycles. The Hall–Kier alpha value is -2.16. The average molecular weight is 270 g/mol. The number of rotatable bonds is 5. The van der Waals surface area contributed by atoms with E-state index >= 15 is 0 Å². The van der Waals surface area contributed by atoms with Crippen LogP contribution in [0.25, 0.3) is 0 Å². The van der Waals surface area contributed by atoms with Gasteiger partial charge in [-0.2, -0.15) is 0 Å². The zero-order valence-electron chi connectivity index (χ0n) is 12.4. The maximum absolute atomic E-state index is 5.99. The Kier molecular flexibility index (Phi) is 4.51. The van der Waals surface area contributed by atoms with Crippen LogP contribution >= 0.6 is 0 Å². The highest BCUT2D eigenvalue weighted by Crippen LogP contribution is 2.32. The van der Waals surface area contributed by atoms with E-state index in [1.54, 1.807) is 0 Å². The SMILES string of the molecule is CCOc1cc(N)cc(N(CC)c2ccccc2C)c1. The quantitative estimate of drug-likeness (QED) is 0.830. The van der Waals surface area contributed by atoms with Crippen LogP contribution in [0.1, 0.15) is 19.4 Å². The second-order valence-corrected chi connectivity index (χ2v) is 4.72. The summed E-state index contributed by atoms with van der Waals surface area (Å²) in [7, 11) is 0. The summed E-state index contributed by atoms with van der Waals surface area (Å²) in [5.74, 6) is 0.814. The fourth-order valence-electron chi connectivity index (χ4n) is 2.37. The van der Waals surface area contributed by atoms with Gasteiger partial charge < -0.3 is 15.4 Å². The van der Waals surface area contributed by atoms with Crippen molar-refractivity contribution >= 4 is 17.1 Å². The van der Waals surface area contributed by atoms with Crippen LogP contribution in [0.3, 0.4) is 0 Å². The maximum Gasteiger partial charge on any atom is 0.123 e. The lowest BCUT2D eigenvalue weighted by atomic mass is 10.1. The molecule has 0 heterocycles. The third-order valence-corrected chi connectivity index (χ3v) is 3.26. The normalized spacial score (nSPS) is 10.3. The molecule has 0 fully saturated rings. The molecule has 2 aromatic rings. The lowest BCUT2D eigenvalue weighted by molar-refractivity contribution is 0.340. The van der Waals surface area contributed by atoms with Gasteiger partial charge >= 0.3 is 0 Å². The van der Waals surface area contributed by atoms with Crippen molar-refractivity contribution in [1.82, 2.24) is 0 Å². The summed E-state index contributed by atoms with van der Waals surface area (Å²) >= 11 is 0. The zero-order valence-corrected chi connectivity index (χ0v) is 12.4. The molecule has 3 nitrogen and oxygen atoms in total. The molecular formula is C17H22N2O. The molecule has 2 rings (SSSR count). The molecule has 2 aromatic carbocycles. The predicted octanol–water partition coefficient (Wildman–Crippen LogP) is 4.13. The Labute approximate surface area is 121 Å². The molecule has 0 unspecified atom stereocenters. The fourth-order valence-corrected chi connectivity index (χ4v) is 2.37. The number of benzene rings is 2. The third kappa shape index (κ3) is 3.05. The van der Waals surface area contributed by atoms with E-state index in [9.17, 15) is 0 Å². The van der Waals surface area contributed by atoms with Gasteiger partial charge in [-0.3, -0.25) is 0 Å². The van der Waals surface area contributed by atoms with Crippen molar-refractivity contribution in [3.05, 3.63) is 48.0 Å². The Bertz CT molecular complexity index is 581. The Morgan fingerprint density at radius 2 is 1.85 bits per heavy atom. The van der Waals surface area contributed by atoms with Crippen molar-refractivity contribution in [1.29, 1.82) is 0 Å². The molecule has 0 atom stereocenters. The van der Waals surface area contributed by atoms with Crippen LogP contribution in [0.4, 0.5) is 17.1 Å². The van der Waals surface area contributed by atoms with Gasteiger partial charge in [0.25, 0.3) is 0 Å². The first-order valence-electron chi connectivity index (χ1n) is 7.02. The molecule has 20 heavy (non-hydrogen) atoms. The van der Waals surface area contributed by atoms with Crippen LogP contribution in [-0.4, -0.2) is 13.2 Å². The van der Waals surface area contributed by atoms with Crippen LogP contribution in [0, 0.1) is 6.92 Å². The van der Waals surface area contributed by atoms with Crippen LogP contribution < -0.4 is 15.4 Å². The minimum Gasteiger partial charge on any atom is -0.494 e. The highest BCUT2D eigenvalue weighted by molar-refractivity contribution is 5.70. The molecule has 0 radical (unpaired) electrons. The van der Waals surface area contributed by atoms with Gasteiger partial charge in [-0.05, 0) is 38.5 Å². The van der Waals surface area contributed by atoms with E-state index in [0.29, 0.717) is 6.61 Å². The van der Waals surface area contributed by atoms with E-state index in [1.807, 2.05) is 25.1 Å². The summed E-state index contributed by atoms with van der Waals surface area (Å²) < 4.78 is 5.58. The fraction of sp³-hybridized carbons (Fsp3) is 0.294. The summed E-state index contributed by atoms with van der Waals surface area (Å²) in [4.78, 5) is 2.24. The van der Waals surface area contributed by atoms with Crippen molar-refractivity contribution in [2.24, 2.45) is 0 Å². The number of nitrogens with two attached hydrogens (primary N) is 1. The van der Waals surface area contributed by atoms with Crippen molar-refractivity contribution in [3.8, 4) is 5.75 Å². The molecule has 0 saturated carbocycles. The molecule has 0 aromatic heterocycles. The summed E-state index contributed by atoms with van der Waals surface area (Å²) in [5, 5.41) is 0. The van der Waals surface area contributed by atoms with Gasteiger partial charge in [0.15, 0.2) is 0 Å². The second-order valence-electron chi connectivity index (χ2n) is 4.72. The smallest absolute Gasteiger partial charge is 0.123 e. The monoisotopic (exact) mass is 270 g/mol. The van der Waals surface area contributed by atoms with Gasteiger partial charge in [0, 0.05) is 35.7 Å². The van der Waals surface area contributed by atoms with Crippen LogP contribution in [0.5, 0.6) is 5.75 Å². The summed E-state index contributed by atoms with van der Waals surface area (Å²) in [5.41, 5.74) is 10.2. The highest BCUT2D eigenvalue weighted by Gasteiger charge is 2.11. The van der Waals surface area contributed by atoms with Gasteiger partial charge in [0.2, 0.25) is 0 Å². The number of hydrogen-bond acceptors (Lipinski definition) is 3. The Morgan fingerprint density at radius 3 is 2.50 bits per heavy atom. The molecule has 0 spiro atoms. The molecule has 2 N–H and O–H groups in total. The summed E-state index contributed by atoms with van der Waals surface area (Å²) in [6.45, 7) is 7.74. The van der Waals surface area contributed by atoms with Crippen LogP contribution in [-0.2, 0) is 0 Å². The maximum atomic E-state index is 5.99. The van der Waals surface area contributed by atoms with E-state index in [0.717, 1.165) is 23.7 Å². The molecular weight excluding hydrogens is 248 g/mol. The van der Waals surface area contributed by atoms with Crippen LogP contribution in [0.2, 0.25) is 0 Å². The van der Waals surface area contributed by atoms with Gasteiger partial charge in [0.05, 0.1) is 6.61 Å². The van der Waals surface area contributed by atoms with E-state index in [1.165, 1.54) is 11.3 Å². The predicted molar refractivity (Wildman–Crippen MR) is 85.9 cm³/mol. The topological polar surface area (TPSA) is 38.5 Å². The second kappa shape index (κ2) is 6.33. The first-order valence-corrected chi connectivity index (χ1v) is 7.02. The lowest BCUT2D eigenvalue weighted by Gasteiger charge is -2.26. The molecule has 0 aliphatic heterocycles. The standard InChI is InChI=1S/C17H22N2O/c1-4-19(17-9-7-6-8-13(17)3)15-10-14(18)11-16(12-15)20-5-2/h6-12H,4-5,18H2,1-3H3. The average Bonchev–Trinajstić information content (AvgIpc) is 2.41. The first kappa shape index (κ1) is 14.3. The third-order valence-electron chi connectivity index (χ3n) is 3.26. The number of nitrogen functional groups attached to an aromatic ring is 1. The van der Waals surface area contributed by atoms with Crippen molar-refractivity contribution in [3.63, 3.8) is 0 Å². The van der Waals surface area contributed by atoms with Crippen molar-refractivity contribution in [2.45, 2.75) is 20.8 Å². The molecule has 0 bridgehead atoms. The van der Waals surface area contributed by atoms with Crippen molar-refractivity contribution in [2.75, 3.05) is 23.8 Å². The van der Waals surface area contributed by atoms with Gasteiger partial charge in [-0.15, -0.1) is 0 Å². The van der Waals surface area contributed by atoms with Gasteiger partial charge in [-0.1, -0.05) is 18.2 Å². The number of aryl methyl sites for hydroxylation is 1. The van der Waals surface area contributed by atoms with E-state index in [-0.39, 0.29) is 0 Å². The van der Waals surface area contributed by atoms with Crippen molar-refractivity contribution < 1.29 is 4.74 Å². The van der Waals surface area contributed by atoms with Gasteiger partial charge in [-0.25, -0.2) is 0 Å². The minimum atomic E-state index is 0.638. The van der Waals surface area contributed by atoms with E-state index in [4.69, 9.17) is 10.5 Å². The van der Waals surface area contributed by atoms with Gasteiger partial charge in [0.1, 0.15) is 5.75 Å². The first-order chi connectivity index (χ1) is 9.65. The number of anilines is 3. The lowest BCUT2D eigenvalue weighted by Crippen LogP contribution is -2.17. The van der Waals surface area contributed by atoms with E-state index in [2.05, 4.69) is 43.0 Å². The molecule has 0 amide bonds. The Balaban J connectivity index is 2.44.